The van der Waals surface area contributed by atoms with E-state index >= 15 is 0 Å². The average Bonchev–Trinajstić information content (AvgIpc) is 3.47. The van der Waals surface area contributed by atoms with E-state index in [0.717, 1.165) is 79.8 Å². The Balaban J connectivity index is 0.000000161. The zero-order valence-corrected chi connectivity index (χ0v) is 24.4. The SMILES string of the molecule is CN1Cc2c(Br)nc(C3CCOCC3)n2CC1=O.CN1Cc2cnc(C3CCOCC3)n2CC1=O.[B]=NS. The van der Waals surface area contributed by atoms with E-state index in [1.807, 2.05) is 20.3 Å². The van der Waals surface area contributed by atoms with Gasteiger partial charge in [0.05, 0.1) is 30.7 Å². The van der Waals surface area contributed by atoms with Crippen molar-refractivity contribution in [3.63, 3.8) is 0 Å². The van der Waals surface area contributed by atoms with Gasteiger partial charge in [0.2, 0.25) is 11.8 Å². The Kier molecular flexibility index (Phi) is 10.2. The number of hydrogen-bond acceptors (Lipinski definition) is 8. The number of rotatable bonds is 2. The second kappa shape index (κ2) is 13.4. The summed E-state index contributed by atoms with van der Waals surface area (Å²) in [6.07, 6.45) is 5.93. The van der Waals surface area contributed by atoms with Crippen molar-refractivity contribution in [1.29, 1.82) is 0 Å². The van der Waals surface area contributed by atoms with Crippen molar-refractivity contribution in [3.05, 3.63) is 33.8 Å². The first-order chi connectivity index (χ1) is 18.3. The third-order valence-electron chi connectivity index (χ3n) is 7.42. The van der Waals surface area contributed by atoms with Crippen molar-refractivity contribution >= 4 is 48.2 Å². The maximum absolute atomic E-state index is 11.8. The number of hydrogen-bond donors (Lipinski definition) is 1. The van der Waals surface area contributed by atoms with E-state index in [-0.39, 0.29) is 11.8 Å². The van der Waals surface area contributed by atoms with Crippen LogP contribution in [0.25, 0.3) is 0 Å². The molecular formula is C24H34BBrN7O4S. The molecule has 2 aromatic rings. The minimum absolute atomic E-state index is 0.153. The molecule has 4 aliphatic rings. The molecule has 205 valence electrons. The first kappa shape index (κ1) is 29.0. The Morgan fingerprint density at radius 3 is 1.97 bits per heavy atom. The van der Waals surface area contributed by atoms with E-state index in [0.29, 0.717) is 38.0 Å². The second-order valence-corrected chi connectivity index (χ2v) is 10.9. The van der Waals surface area contributed by atoms with Crippen molar-refractivity contribution in [1.82, 2.24) is 28.9 Å². The fraction of sp³-hybridized carbons (Fsp3) is 0.667. The van der Waals surface area contributed by atoms with Gasteiger partial charge in [0.15, 0.2) is 0 Å². The molecule has 0 N–H and O–H groups in total. The van der Waals surface area contributed by atoms with Crippen LogP contribution in [0.15, 0.2) is 15.1 Å². The normalized spacial score (nSPS) is 20.1. The van der Waals surface area contributed by atoms with Crippen LogP contribution >= 0.6 is 28.7 Å². The fourth-order valence-electron chi connectivity index (χ4n) is 5.24. The molecule has 6 rings (SSSR count). The van der Waals surface area contributed by atoms with Crippen LogP contribution in [0.4, 0.5) is 0 Å². The van der Waals surface area contributed by atoms with E-state index in [2.05, 4.69) is 59.8 Å². The molecule has 2 aromatic heterocycles. The van der Waals surface area contributed by atoms with Gasteiger partial charge in [-0.1, -0.05) is 0 Å². The molecule has 38 heavy (non-hydrogen) atoms. The maximum atomic E-state index is 11.8. The molecule has 2 saturated heterocycles. The molecule has 2 fully saturated rings. The number of carbonyl (C=O) groups is 2. The second-order valence-electron chi connectivity index (χ2n) is 9.88. The fourth-order valence-corrected chi connectivity index (χ4v) is 5.76. The predicted octanol–water partition coefficient (Wildman–Crippen LogP) is 2.44. The summed E-state index contributed by atoms with van der Waals surface area (Å²) >= 11 is 6.71. The number of imidazole rings is 2. The van der Waals surface area contributed by atoms with Gasteiger partial charge in [0.25, 0.3) is 0 Å². The summed E-state index contributed by atoms with van der Waals surface area (Å²) in [5, 5.41) is 0. The van der Waals surface area contributed by atoms with Gasteiger partial charge in [-0.3, -0.25) is 9.59 Å². The predicted molar refractivity (Wildman–Crippen MR) is 148 cm³/mol. The standard InChI is InChI=1S/C12H16BrN3O2.C12H17N3O2.BHNS/c1-15-6-9-11(13)14-12(16(9)7-10(15)17)8-2-4-18-5-3-8;1-14-7-10-6-13-12(15(10)8-11(14)16)9-2-4-17-5-3-9;1-2-3/h8H,2-7H2,1H3;6,9H,2-5,7-8H2,1H3;3H. The molecule has 0 saturated carbocycles. The summed E-state index contributed by atoms with van der Waals surface area (Å²) < 4.78 is 18.5. The van der Waals surface area contributed by atoms with Crippen LogP contribution in [-0.4, -0.2) is 88.9 Å². The Labute approximate surface area is 238 Å². The molecule has 2 amide bonds. The van der Waals surface area contributed by atoms with Crippen molar-refractivity contribution in [2.45, 2.75) is 63.7 Å². The number of halogens is 1. The quantitative estimate of drug-likeness (QED) is 0.416. The van der Waals surface area contributed by atoms with E-state index in [9.17, 15) is 9.59 Å². The molecule has 0 unspecified atom stereocenters. The molecule has 4 aliphatic heterocycles. The van der Waals surface area contributed by atoms with Crippen molar-refractivity contribution < 1.29 is 19.1 Å². The van der Waals surface area contributed by atoms with Crippen LogP contribution in [0.3, 0.4) is 0 Å². The first-order valence-corrected chi connectivity index (χ1v) is 14.0. The molecule has 14 heteroatoms. The Bertz CT molecular complexity index is 1150. The number of ether oxygens (including phenoxy) is 2. The number of likely N-dealkylation sites (N-methyl/N-ethyl adjacent to an activating group) is 2. The monoisotopic (exact) mass is 606 g/mol. The van der Waals surface area contributed by atoms with Crippen LogP contribution in [0.2, 0.25) is 0 Å². The molecule has 0 aromatic carbocycles. The van der Waals surface area contributed by atoms with Gasteiger partial charge < -0.3 is 28.4 Å². The Morgan fingerprint density at radius 2 is 1.39 bits per heavy atom. The van der Waals surface area contributed by atoms with E-state index in [1.165, 1.54) is 0 Å². The van der Waals surface area contributed by atoms with E-state index in [1.54, 1.807) is 9.80 Å². The number of thiol groups is 1. The molecule has 0 spiro atoms. The van der Waals surface area contributed by atoms with E-state index < -0.39 is 0 Å². The van der Waals surface area contributed by atoms with Crippen LogP contribution in [-0.2, 0) is 45.2 Å². The van der Waals surface area contributed by atoms with Crippen LogP contribution in [0.5, 0.6) is 0 Å². The summed E-state index contributed by atoms with van der Waals surface area (Å²) in [4.78, 5) is 36.2. The van der Waals surface area contributed by atoms with Crippen LogP contribution in [0, 0.1) is 0 Å². The average molecular weight is 607 g/mol. The third kappa shape index (κ3) is 6.57. The van der Waals surface area contributed by atoms with Crippen LogP contribution < -0.4 is 0 Å². The van der Waals surface area contributed by atoms with Gasteiger partial charge in [-0.2, -0.15) is 0 Å². The molecule has 0 aliphatic carbocycles. The number of amides is 2. The number of carbonyl (C=O) groups excluding carboxylic acids is 2. The van der Waals surface area contributed by atoms with Crippen molar-refractivity contribution in [2.24, 2.45) is 4.30 Å². The Morgan fingerprint density at radius 1 is 0.895 bits per heavy atom. The molecule has 1 radical (unpaired) electrons. The molecule has 0 atom stereocenters. The Hall–Kier alpha value is -2.03. The van der Waals surface area contributed by atoms with Gasteiger partial charge in [-0.15, -0.1) is 0 Å². The zero-order chi connectivity index (χ0) is 27.2. The molecular weight excluding hydrogens is 573 g/mol. The molecule has 11 nitrogen and oxygen atoms in total. The summed E-state index contributed by atoms with van der Waals surface area (Å²) in [5.74, 6) is 3.31. The molecule has 6 heterocycles. The topological polar surface area (TPSA) is 107 Å². The molecule has 0 bridgehead atoms. The third-order valence-corrected chi connectivity index (χ3v) is 8.05. The van der Waals surface area contributed by atoms with Crippen molar-refractivity contribution in [2.75, 3.05) is 40.5 Å². The van der Waals surface area contributed by atoms with Gasteiger partial charge in [0, 0.05) is 52.4 Å². The summed E-state index contributed by atoms with van der Waals surface area (Å²) in [6, 6.07) is 0. The minimum atomic E-state index is 0.153. The van der Waals surface area contributed by atoms with Crippen LogP contribution in [0.1, 0.15) is 60.6 Å². The van der Waals surface area contributed by atoms with Gasteiger partial charge in [0.1, 0.15) is 29.3 Å². The summed E-state index contributed by atoms with van der Waals surface area (Å²) in [6.45, 7) is 5.36. The first-order valence-electron chi connectivity index (χ1n) is 12.8. The zero-order valence-electron chi connectivity index (χ0n) is 21.9. The number of nitrogens with zero attached hydrogens (tertiary/aromatic N) is 7. The number of fused-ring (bicyclic) bond motifs is 2. The van der Waals surface area contributed by atoms with Gasteiger partial charge >= 0.3 is 24.8 Å². The van der Waals surface area contributed by atoms with Gasteiger partial charge in [-0.05, 0) is 41.6 Å². The number of aromatic nitrogens is 4. The van der Waals surface area contributed by atoms with Gasteiger partial charge in [-0.25, -0.2) is 9.97 Å². The summed E-state index contributed by atoms with van der Waals surface area (Å²) in [5.41, 5.74) is 2.26. The summed E-state index contributed by atoms with van der Waals surface area (Å²) in [7, 11) is 8.01. The van der Waals surface area contributed by atoms with E-state index in [4.69, 9.17) is 9.47 Å². The van der Waals surface area contributed by atoms with Crippen molar-refractivity contribution in [3.8, 4) is 0 Å².